The highest BCUT2D eigenvalue weighted by Gasteiger charge is 2.50. The van der Waals surface area contributed by atoms with Gasteiger partial charge in [-0.1, -0.05) is 97.3 Å². The number of hydrogen-bond donors (Lipinski definition) is 5. The van der Waals surface area contributed by atoms with Gasteiger partial charge in [0.2, 0.25) is 11.8 Å². The summed E-state index contributed by atoms with van der Waals surface area (Å²) in [6.07, 6.45) is 0.572. The number of aromatic nitrogens is 1. The zero-order valence-electron chi connectivity index (χ0n) is 35.6. The van der Waals surface area contributed by atoms with E-state index in [0.29, 0.717) is 23.8 Å². The van der Waals surface area contributed by atoms with E-state index in [4.69, 9.17) is 10.5 Å². The maximum atomic E-state index is 15.2. The predicted molar refractivity (Wildman–Crippen MR) is 228 cm³/mol. The summed E-state index contributed by atoms with van der Waals surface area (Å²) >= 11 is 0. The average molecular weight is 844 g/mol. The fraction of sp³-hybridized carbons (Fsp3) is 0.524. The number of rotatable bonds is 19. The van der Waals surface area contributed by atoms with Crippen LogP contribution < -0.4 is 16.4 Å². The zero-order chi connectivity index (χ0) is 43.8. The number of alkyl carbamates (subject to hydrolysis) is 1. The number of aliphatic carboxylic acids is 1. The van der Waals surface area contributed by atoms with Crippen LogP contribution in [0.2, 0.25) is 50.9 Å². The van der Waals surface area contributed by atoms with Gasteiger partial charge >= 0.3 is 12.1 Å². The van der Waals surface area contributed by atoms with Gasteiger partial charge in [-0.05, 0) is 53.3 Å². The fourth-order valence-corrected chi connectivity index (χ4v) is 9.49. The van der Waals surface area contributed by atoms with E-state index in [1.807, 2.05) is 75.3 Å². The molecule has 0 aliphatic rings. The molecule has 6 N–H and O–H groups in total. The predicted octanol–water partition coefficient (Wildman–Crippen LogP) is 6.84. The van der Waals surface area contributed by atoms with Crippen LogP contribution in [0.4, 0.5) is 13.6 Å². The van der Waals surface area contributed by atoms with Crippen molar-refractivity contribution in [3.8, 4) is 11.1 Å². The molecule has 0 bridgehead atoms. The molecule has 0 aliphatic heterocycles. The maximum absolute atomic E-state index is 15.2. The van der Waals surface area contributed by atoms with E-state index in [1.54, 1.807) is 19.2 Å². The second kappa shape index (κ2) is 19.6. The number of carboxylic acids is 1. The Morgan fingerprint density at radius 3 is 2.16 bits per heavy atom. The SMILES string of the molecule is CC([C@@](CN)(NC(=O)[C@H](CCN(C(=O)CO)[C@@H](c1cc(-c2cc(F)ccc2F)cn1Cc1ccccc1)C(C)(C)C)NC(=O)OCC[Si](C)(C)C)C(=O)O)[Si](C)(C)C. The lowest BCUT2D eigenvalue weighted by molar-refractivity contribution is -0.147. The maximum Gasteiger partial charge on any atom is 0.407 e. The lowest BCUT2D eigenvalue weighted by Gasteiger charge is -2.42. The number of nitrogens with one attached hydrogen (secondary N) is 2. The number of nitrogens with zero attached hydrogens (tertiary/aromatic N) is 2. The van der Waals surface area contributed by atoms with Crippen LogP contribution in [0.5, 0.6) is 0 Å². The van der Waals surface area contributed by atoms with Gasteiger partial charge in [0.1, 0.15) is 24.3 Å². The number of halogens is 2. The van der Waals surface area contributed by atoms with Crippen molar-refractivity contribution in [2.24, 2.45) is 11.1 Å². The number of amides is 3. The first-order chi connectivity index (χ1) is 26.8. The first-order valence-electron chi connectivity index (χ1n) is 19.6. The van der Waals surface area contributed by atoms with Crippen LogP contribution in [0.25, 0.3) is 11.1 Å². The Kier molecular flexibility index (Phi) is 16.2. The molecule has 3 rings (SSSR count). The standard InChI is InChI=1S/C42H63F2N5O7Si2/c1-28(58(8,9)10)42(27-45,39(53)54)47-38(52)34(46-40(55)56-20-21-57(5,6)7)18-19-49(36(51)26-50)37(41(2,3)4)35-22-30(32-23-31(43)16-17-33(32)44)25-48(35)24-29-14-12-11-13-15-29/h11-17,22-23,25,28,34,37,50H,18-21,24,26-27,45H2,1-10H3,(H,46,55)(H,47,52)(H,53,54)/t28?,34-,37-,42+/m0/s1. The monoisotopic (exact) mass is 843 g/mol. The van der Waals surface area contributed by atoms with Crippen molar-refractivity contribution in [3.05, 3.63) is 83.7 Å². The van der Waals surface area contributed by atoms with Crippen LogP contribution >= 0.6 is 0 Å². The Labute approximate surface area is 343 Å². The number of hydrogen-bond acceptors (Lipinski definition) is 7. The first kappa shape index (κ1) is 48.0. The van der Waals surface area contributed by atoms with Gasteiger partial charge in [-0.15, -0.1) is 0 Å². The van der Waals surface area contributed by atoms with Gasteiger partial charge in [-0.2, -0.15) is 0 Å². The molecule has 1 heterocycles. The zero-order valence-corrected chi connectivity index (χ0v) is 37.6. The van der Waals surface area contributed by atoms with Crippen molar-refractivity contribution in [1.29, 1.82) is 0 Å². The number of carbonyl (C=O) groups is 4. The van der Waals surface area contributed by atoms with Gasteiger partial charge in [0.05, 0.1) is 20.7 Å². The summed E-state index contributed by atoms with van der Waals surface area (Å²) in [6.45, 7) is 18.5. The molecule has 58 heavy (non-hydrogen) atoms. The van der Waals surface area contributed by atoms with Gasteiger partial charge in [-0.3, -0.25) is 9.59 Å². The van der Waals surface area contributed by atoms with Crippen LogP contribution in [0, 0.1) is 17.0 Å². The molecule has 3 aromatic rings. The Morgan fingerprint density at radius 2 is 1.62 bits per heavy atom. The molecule has 1 aromatic heterocycles. The molecule has 16 heteroatoms. The van der Waals surface area contributed by atoms with E-state index < -0.39 is 93.4 Å². The number of carboxylic acid groups (broad SMARTS) is 1. The van der Waals surface area contributed by atoms with Crippen molar-refractivity contribution >= 4 is 40.0 Å². The Hall–Kier alpha value is -4.39. The van der Waals surface area contributed by atoms with Crippen molar-refractivity contribution in [1.82, 2.24) is 20.1 Å². The minimum absolute atomic E-state index is 0.0173. The topological polar surface area (TPSA) is 176 Å². The van der Waals surface area contributed by atoms with Crippen molar-refractivity contribution in [3.63, 3.8) is 0 Å². The number of nitrogens with two attached hydrogens (primary N) is 1. The van der Waals surface area contributed by atoms with Crippen molar-refractivity contribution in [2.45, 2.75) is 109 Å². The molecule has 1 unspecified atom stereocenters. The van der Waals surface area contributed by atoms with Gasteiger partial charge in [-0.25, -0.2) is 18.4 Å². The largest absolute Gasteiger partial charge is 0.479 e. The molecule has 0 saturated heterocycles. The Balaban J connectivity index is 2.16. The van der Waals surface area contributed by atoms with E-state index >= 15 is 4.39 Å². The molecule has 12 nitrogen and oxygen atoms in total. The first-order valence-corrected chi connectivity index (χ1v) is 26.9. The lowest BCUT2D eigenvalue weighted by atomic mass is 9.82. The van der Waals surface area contributed by atoms with Crippen LogP contribution in [-0.2, 0) is 25.7 Å². The Morgan fingerprint density at radius 1 is 0.983 bits per heavy atom. The molecule has 0 spiro atoms. The molecular formula is C42H63F2N5O7Si2. The van der Waals surface area contributed by atoms with Gasteiger partial charge in [0.15, 0.2) is 5.54 Å². The molecule has 0 saturated carbocycles. The lowest BCUT2D eigenvalue weighted by Crippen LogP contribution is -2.67. The second-order valence-electron chi connectivity index (χ2n) is 18.4. The smallest absolute Gasteiger partial charge is 0.407 e. The van der Waals surface area contributed by atoms with Crippen LogP contribution in [-0.4, -0.2) is 97.6 Å². The third-order valence-corrected chi connectivity index (χ3v) is 15.5. The van der Waals surface area contributed by atoms with E-state index in [9.17, 15) is 33.8 Å². The summed E-state index contributed by atoms with van der Waals surface area (Å²) < 4.78 is 37.0. The highest BCUT2D eigenvalue weighted by Crippen LogP contribution is 2.41. The fourth-order valence-electron chi connectivity index (χ4n) is 6.98. The quantitative estimate of drug-likeness (QED) is 0.0816. The summed E-state index contributed by atoms with van der Waals surface area (Å²) in [4.78, 5) is 55.7. The van der Waals surface area contributed by atoms with E-state index in [0.717, 1.165) is 23.8 Å². The normalized spacial score (nSPS) is 14.8. The molecule has 3 amide bonds. The van der Waals surface area contributed by atoms with Gasteiger partial charge in [0.25, 0.3) is 0 Å². The average Bonchev–Trinajstić information content (AvgIpc) is 3.52. The molecule has 0 fully saturated rings. The second-order valence-corrected chi connectivity index (χ2v) is 29.6. The summed E-state index contributed by atoms with van der Waals surface area (Å²) in [5.41, 5.74) is 4.75. The molecule has 2 aromatic carbocycles. The third kappa shape index (κ3) is 12.6. The summed E-state index contributed by atoms with van der Waals surface area (Å²) in [7, 11) is -3.85. The Bertz CT molecular complexity index is 1890. The van der Waals surface area contributed by atoms with Crippen LogP contribution in [0.3, 0.4) is 0 Å². The minimum atomic E-state index is -2.25. The summed E-state index contributed by atoms with van der Waals surface area (Å²) in [5.74, 6) is -4.12. The van der Waals surface area contributed by atoms with Crippen molar-refractivity contribution in [2.75, 3.05) is 26.3 Å². The van der Waals surface area contributed by atoms with E-state index in [1.165, 1.54) is 4.90 Å². The highest BCUT2D eigenvalue weighted by atomic mass is 28.3. The number of aliphatic hydroxyl groups excluding tert-OH is 1. The molecule has 320 valence electrons. The minimum Gasteiger partial charge on any atom is -0.479 e. The van der Waals surface area contributed by atoms with Gasteiger partial charge in [0, 0.05) is 50.7 Å². The van der Waals surface area contributed by atoms with E-state index in [2.05, 4.69) is 30.3 Å². The van der Waals surface area contributed by atoms with Crippen LogP contribution in [0.15, 0.2) is 60.8 Å². The summed E-state index contributed by atoms with van der Waals surface area (Å²) in [6, 6.07) is 12.7. The molecule has 0 aliphatic carbocycles. The van der Waals surface area contributed by atoms with Crippen molar-refractivity contribution < 1.29 is 42.9 Å². The highest BCUT2D eigenvalue weighted by molar-refractivity contribution is 6.78. The molecule has 4 atom stereocenters. The number of aliphatic hydroxyl groups is 1. The summed E-state index contributed by atoms with van der Waals surface area (Å²) in [5, 5.41) is 26.2. The van der Waals surface area contributed by atoms with E-state index in [-0.39, 0.29) is 25.1 Å². The third-order valence-electron chi connectivity index (χ3n) is 10.7. The molecular weight excluding hydrogens is 781 g/mol. The number of carbonyl (C=O) groups excluding carboxylic acids is 3. The number of ether oxygens (including phenoxy) is 1. The molecule has 0 radical (unpaired) electrons. The number of benzene rings is 2. The van der Waals surface area contributed by atoms with Crippen LogP contribution in [0.1, 0.15) is 51.4 Å². The van der Waals surface area contributed by atoms with Gasteiger partial charge < -0.3 is 40.8 Å².